The van der Waals surface area contributed by atoms with Gasteiger partial charge in [0.05, 0.1) is 21.9 Å². The summed E-state index contributed by atoms with van der Waals surface area (Å²) >= 11 is 6.34. The molecule has 1 amide bonds. The Balaban J connectivity index is 1.49. The zero-order valence-electron chi connectivity index (χ0n) is 20.4. The van der Waals surface area contributed by atoms with Crippen molar-refractivity contribution in [3.05, 3.63) is 82.3 Å². The van der Waals surface area contributed by atoms with Crippen molar-refractivity contribution in [1.82, 2.24) is 14.2 Å². The molecular formula is C26H25ClFN5O3S. The number of hydrogen-bond acceptors (Lipinski definition) is 6. The van der Waals surface area contributed by atoms with Crippen LogP contribution in [0.3, 0.4) is 0 Å². The van der Waals surface area contributed by atoms with Crippen molar-refractivity contribution in [1.29, 1.82) is 5.26 Å². The van der Waals surface area contributed by atoms with Crippen LogP contribution in [-0.2, 0) is 15.8 Å². The normalized spacial score (nSPS) is 14.3. The lowest BCUT2D eigenvalue weighted by atomic mass is 10.0. The van der Waals surface area contributed by atoms with Gasteiger partial charge in [-0.15, -0.1) is 0 Å². The first-order valence-electron chi connectivity index (χ1n) is 11.5. The van der Waals surface area contributed by atoms with E-state index in [4.69, 9.17) is 11.6 Å². The fraction of sp³-hybridized carbons (Fsp3) is 0.269. The molecule has 0 N–H and O–H groups in total. The van der Waals surface area contributed by atoms with Crippen LogP contribution in [0, 0.1) is 17.1 Å². The maximum atomic E-state index is 14.0. The quantitative estimate of drug-likeness (QED) is 0.471. The lowest BCUT2D eigenvalue weighted by molar-refractivity contribution is 0.0828. The predicted molar refractivity (Wildman–Crippen MR) is 140 cm³/mol. The predicted octanol–water partition coefficient (Wildman–Crippen LogP) is 3.77. The summed E-state index contributed by atoms with van der Waals surface area (Å²) in [7, 11) is -0.409. The first kappa shape index (κ1) is 26.5. The first-order chi connectivity index (χ1) is 17.6. The average Bonchev–Trinajstić information content (AvgIpc) is 2.89. The SMILES string of the molecule is CN(C)C(=O)c1ccc(-c2cnc(N3CCN(S(=O)(=O)Cc4ccccc4F)CC3)c(C#N)c2)cc1Cl. The zero-order valence-corrected chi connectivity index (χ0v) is 21.9. The van der Waals surface area contributed by atoms with Crippen molar-refractivity contribution >= 4 is 33.3 Å². The summed E-state index contributed by atoms with van der Waals surface area (Å²) in [6.45, 7) is 1.07. The van der Waals surface area contributed by atoms with E-state index in [0.29, 0.717) is 46.2 Å². The molecule has 0 atom stereocenters. The van der Waals surface area contributed by atoms with Gasteiger partial charge >= 0.3 is 0 Å². The van der Waals surface area contributed by atoms with Gasteiger partial charge in [-0.3, -0.25) is 4.79 Å². The largest absolute Gasteiger partial charge is 0.353 e. The van der Waals surface area contributed by atoms with E-state index in [-0.39, 0.29) is 24.6 Å². The third kappa shape index (κ3) is 5.74. The Morgan fingerprint density at radius 2 is 1.81 bits per heavy atom. The van der Waals surface area contributed by atoms with Crippen LogP contribution >= 0.6 is 11.6 Å². The molecule has 2 heterocycles. The number of nitrogens with zero attached hydrogens (tertiary/aromatic N) is 5. The molecule has 1 aliphatic rings. The number of halogens is 2. The van der Waals surface area contributed by atoms with Crippen molar-refractivity contribution in [2.75, 3.05) is 45.2 Å². The van der Waals surface area contributed by atoms with Gasteiger partial charge in [0, 0.05) is 57.6 Å². The molecule has 0 spiro atoms. The third-order valence-corrected chi connectivity index (χ3v) is 8.29. The van der Waals surface area contributed by atoms with E-state index >= 15 is 0 Å². The molecule has 0 bridgehead atoms. The molecule has 8 nitrogen and oxygen atoms in total. The number of nitriles is 1. The molecule has 1 saturated heterocycles. The van der Waals surface area contributed by atoms with Gasteiger partial charge in [-0.25, -0.2) is 17.8 Å². The third-order valence-electron chi connectivity index (χ3n) is 6.15. The van der Waals surface area contributed by atoms with E-state index in [2.05, 4.69) is 11.1 Å². The number of carbonyl (C=O) groups excluding carboxylic acids is 1. The van der Waals surface area contributed by atoms with E-state index in [0.717, 1.165) is 0 Å². The second-order valence-electron chi connectivity index (χ2n) is 8.83. The van der Waals surface area contributed by atoms with Crippen LogP contribution in [0.15, 0.2) is 54.7 Å². The Morgan fingerprint density at radius 1 is 1.11 bits per heavy atom. The Labute approximate surface area is 220 Å². The van der Waals surface area contributed by atoms with Crippen molar-refractivity contribution in [3.63, 3.8) is 0 Å². The van der Waals surface area contributed by atoms with Crippen LogP contribution in [0.1, 0.15) is 21.5 Å². The van der Waals surface area contributed by atoms with Crippen molar-refractivity contribution < 1.29 is 17.6 Å². The van der Waals surface area contributed by atoms with Crippen molar-refractivity contribution in [2.45, 2.75) is 5.75 Å². The van der Waals surface area contributed by atoms with Gasteiger partial charge in [-0.2, -0.15) is 9.57 Å². The van der Waals surface area contributed by atoms with Gasteiger partial charge in [0.2, 0.25) is 10.0 Å². The number of anilines is 1. The molecule has 192 valence electrons. The highest BCUT2D eigenvalue weighted by molar-refractivity contribution is 7.88. The Kier molecular flexibility index (Phi) is 7.78. The second-order valence-corrected chi connectivity index (χ2v) is 11.2. The number of pyridine rings is 1. The number of sulfonamides is 1. The minimum absolute atomic E-state index is 0.133. The molecule has 0 unspecified atom stereocenters. The minimum Gasteiger partial charge on any atom is -0.353 e. The van der Waals surface area contributed by atoms with Crippen molar-refractivity contribution in [2.24, 2.45) is 0 Å². The number of benzene rings is 2. The van der Waals surface area contributed by atoms with Crippen LogP contribution in [0.2, 0.25) is 5.02 Å². The van der Waals surface area contributed by atoms with Crippen LogP contribution in [-0.4, -0.2) is 68.8 Å². The average molecular weight is 542 g/mol. The molecule has 0 radical (unpaired) electrons. The Bertz CT molecular complexity index is 1480. The minimum atomic E-state index is -3.70. The number of rotatable bonds is 6. The van der Waals surface area contributed by atoms with Crippen LogP contribution in [0.4, 0.5) is 10.2 Å². The maximum absolute atomic E-state index is 14.0. The fourth-order valence-corrected chi connectivity index (χ4v) is 5.93. The fourth-order valence-electron chi connectivity index (χ4n) is 4.14. The highest BCUT2D eigenvalue weighted by atomic mass is 35.5. The van der Waals surface area contributed by atoms with E-state index in [1.807, 2.05) is 4.90 Å². The summed E-state index contributed by atoms with van der Waals surface area (Å²) in [5, 5.41) is 10.1. The van der Waals surface area contributed by atoms with E-state index in [1.165, 1.54) is 27.4 Å². The van der Waals surface area contributed by atoms with Crippen LogP contribution in [0.25, 0.3) is 11.1 Å². The molecule has 0 saturated carbocycles. The number of carbonyl (C=O) groups is 1. The number of piperazine rings is 1. The van der Waals surface area contributed by atoms with Crippen LogP contribution < -0.4 is 4.90 Å². The smallest absolute Gasteiger partial charge is 0.254 e. The topological polar surface area (TPSA) is 97.6 Å². The van der Waals surface area contributed by atoms with Crippen LogP contribution in [0.5, 0.6) is 0 Å². The maximum Gasteiger partial charge on any atom is 0.254 e. The molecule has 3 aromatic rings. The Morgan fingerprint density at radius 3 is 2.43 bits per heavy atom. The highest BCUT2D eigenvalue weighted by Gasteiger charge is 2.29. The van der Waals surface area contributed by atoms with Gasteiger partial charge in [-0.05, 0) is 29.8 Å². The number of hydrogen-bond donors (Lipinski definition) is 0. The van der Waals surface area contributed by atoms with Gasteiger partial charge < -0.3 is 9.80 Å². The molecule has 37 heavy (non-hydrogen) atoms. The standard InChI is InChI=1S/C26H25ClFN5O3S/c1-31(2)26(34)22-8-7-18(14-23(22)27)21-13-20(15-29)25(30-16-21)32-9-11-33(12-10-32)37(35,36)17-19-5-3-4-6-24(19)28/h3-8,13-14,16H,9-12,17H2,1-2H3. The molecule has 11 heteroatoms. The number of amides is 1. The lowest BCUT2D eigenvalue weighted by Gasteiger charge is -2.35. The summed E-state index contributed by atoms with van der Waals surface area (Å²) in [5.74, 6) is -0.703. The lowest BCUT2D eigenvalue weighted by Crippen LogP contribution is -2.49. The Hall–Kier alpha value is -3.52. The molecule has 1 aliphatic heterocycles. The van der Waals surface area contributed by atoms with Gasteiger partial charge in [0.25, 0.3) is 5.91 Å². The monoisotopic (exact) mass is 541 g/mol. The van der Waals surface area contributed by atoms with E-state index < -0.39 is 21.6 Å². The second kappa shape index (κ2) is 10.8. The van der Waals surface area contributed by atoms with E-state index in [1.54, 1.807) is 50.6 Å². The molecule has 2 aromatic carbocycles. The summed E-state index contributed by atoms with van der Waals surface area (Å²) in [6.07, 6.45) is 1.62. The molecule has 4 rings (SSSR count). The van der Waals surface area contributed by atoms with Gasteiger partial charge in [0.15, 0.2) is 0 Å². The molecule has 1 aromatic heterocycles. The molecule has 1 fully saturated rings. The molecule has 0 aliphatic carbocycles. The van der Waals surface area contributed by atoms with E-state index in [9.17, 15) is 22.9 Å². The van der Waals surface area contributed by atoms with Crippen molar-refractivity contribution in [3.8, 4) is 17.2 Å². The summed E-state index contributed by atoms with van der Waals surface area (Å²) < 4.78 is 41.0. The highest BCUT2D eigenvalue weighted by Crippen LogP contribution is 2.29. The summed E-state index contributed by atoms with van der Waals surface area (Å²) in [4.78, 5) is 20.1. The van der Waals surface area contributed by atoms with Gasteiger partial charge in [0.1, 0.15) is 17.7 Å². The molecular weight excluding hydrogens is 517 g/mol. The zero-order chi connectivity index (χ0) is 26.7. The summed E-state index contributed by atoms with van der Waals surface area (Å²) in [5.41, 5.74) is 2.22. The number of aromatic nitrogens is 1. The first-order valence-corrected chi connectivity index (χ1v) is 13.5. The summed E-state index contributed by atoms with van der Waals surface area (Å²) in [6, 6.07) is 14.8. The van der Waals surface area contributed by atoms with Gasteiger partial charge in [-0.1, -0.05) is 35.9 Å².